The number of nitro benzene ring substituents is 1. The van der Waals surface area contributed by atoms with E-state index in [0.29, 0.717) is 22.4 Å². The summed E-state index contributed by atoms with van der Waals surface area (Å²) in [5.74, 6) is 0.912. The van der Waals surface area contributed by atoms with E-state index in [2.05, 4.69) is 10.3 Å². The highest BCUT2D eigenvalue weighted by Crippen LogP contribution is 2.27. The van der Waals surface area contributed by atoms with Gasteiger partial charge in [-0.15, -0.1) is 0 Å². The molecule has 1 aromatic carbocycles. The second-order valence-corrected chi connectivity index (χ2v) is 5.46. The Balaban J connectivity index is 1.75. The summed E-state index contributed by atoms with van der Waals surface area (Å²) < 4.78 is 5.56. The predicted molar refractivity (Wildman–Crippen MR) is 72.4 cm³/mol. The van der Waals surface area contributed by atoms with Crippen molar-refractivity contribution in [2.24, 2.45) is 0 Å². The molecule has 1 saturated heterocycles. The molecule has 1 N–H and O–H groups in total. The second kappa shape index (κ2) is 5.18. The third kappa shape index (κ3) is 2.71. The van der Waals surface area contributed by atoms with Crippen LogP contribution in [0.5, 0.6) is 0 Å². The fourth-order valence-electron chi connectivity index (χ4n) is 2.14. The van der Waals surface area contributed by atoms with Crippen molar-refractivity contribution in [3.63, 3.8) is 0 Å². The Morgan fingerprint density at radius 2 is 2.47 bits per heavy atom. The molecule has 0 saturated carbocycles. The van der Waals surface area contributed by atoms with Gasteiger partial charge in [-0.05, 0) is 25.5 Å². The number of non-ortho nitro benzene ring substituents is 1. The van der Waals surface area contributed by atoms with Gasteiger partial charge < -0.3 is 9.73 Å². The van der Waals surface area contributed by atoms with Gasteiger partial charge in [0, 0.05) is 23.9 Å². The molecule has 3 rings (SSSR count). The van der Waals surface area contributed by atoms with Crippen LogP contribution in [0, 0.1) is 10.1 Å². The Hall–Kier alpha value is -1.60. The van der Waals surface area contributed by atoms with Crippen molar-refractivity contribution < 1.29 is 9.34 Å². The lowest BCUT2D eigenvalue weighted by Crippen LogP contribution is -2.23. The lowest BCUT2D eigenvalue weighted by molar-refractivity contribution is -0.384. The first-order valence-electron chi connectivity index (χ1n) is 6.13. The van der Waals surface area contributed by atoms with Crippen LogP contribution in [0.4, 0.5) is 5.69 Å². The molecule has 0 amide bonds. The van der Waals surface area contributed by atoms with E-state index in [4.69, 9.17) is 4.42 Å². The van der Waals surface area contributed by atoms with Gasteiger partial charge in [0.05, 0.1) is 4.92 Å². The van der Waals surface area contributed by atoms with Crippen molar-refractivity contribution in [3.8, 4) is 0 Å². The minimum atomic E-state index is -0.427. The highest BCUT2D eigenvalue weighted by molar-refractivity contribution is 7.99. The van der Waals surface area contributed by atoms with Crippen LogP contribution in [-0.4, -0.2) is 28.2 Å². The zero-order valence-corrected chi connectivity index (χ0v) is 11.0. The maximum Gasteiger partial charge on any atom is 0.271 e. The van der Waals surface area contributed by atoms with Crippen LogP contribution in [0.15, 0.2) is 27.8 Å². The van der Waals surface area contributed by atoms with E-state index in [1.807, 2.05) is 0 Å². The van der Waals surface area contributed by atoms with Gasteiger partial charge >= 0.3 is 0 Å². The van der Waals surface area contributed by atoms with Gasteiger partial charge in [-0.2, -0.15) is 0 Å². The summed E-state index contributed by atoms with van der Waals surface area (Å²) in [6.07, 6.45) is 2.39. The summed E-state index contributed by atoms with van der Waals surface area (Å²) >= 11 is 1.55. The minimum Gasteiger partial charge on any atom is -0.431 e. The Kier molecular flexibility index (Phi) is 3.39. The standard InChI is InChI=1S/C12H13N3O3S/c16-15(17)9-3-4-11-10(6-9)14-12(18-11)19-7-8-2-1-5-13-8/h3-4,6,8,13H,1-2,5,7H2/t8-/m1/s1. The monoisotopic (exact) mass is 279 g/mol. The molecular formula is C12H13N3O3S. The molecule has 1 aliphatic heterocycles. The summed E-state index contributed by atoms with van der Waals surface area (Å²) in [7, 11) is 0. The van der Waals surface area contributed by atoms with Crippen LogP contribution >= 0.6 is 11.8 Å². The van der Waals surface area contributed by atoms with E-state index in [9.17, 15) is 10.1 Å². The van der Waals surface area contributed by atoms with Crippen LogP contribution in [-0.2, 0) is 0 Å². The van der Waals surface area contributed by atoms with E-state index < -0.39 is 4.92 Å². The lowest BCUT2D eigenvalue weighted by Gasteiger charge is -2.06. The molecule has 1 aromatic heterocycles. The first-order valence-corrected chi connectivity index (χ1v) is 7.12. The number of aromatic nitrogens is 1. The third-order valence-corrected chi connectivity index (χ3v) is 4.12. The Morgan fingerprint density at radius 3 is 3.21 bits per heavy atom. The topological polar surface area (TPSA) is 81.2 Å². The van der Waals surface area contributed by atoms with E-state index >= 15 is 0 Å². The molecule has 2 aromatic rings. The van der Waals surface area contributed by atoms with Crippen molar-refractivity contribution in [1.82, 2.24) is 10.3 Å². The SMILES string of the molecule is O=[N+]([O-])c1ccc2oc(SC[C@H]3CCCN3)nc2c1. The number of oxazole rings is 1. The largest absolute Gasteiger partial charge is 0.431 e. The highest BCUT2D eigenvalue weighted by Gasteiger charge is 2.16. The van der Waals surface area contributed by atoms with Gasteiger partial charge in [0.15, 0.2) is 5.58 Å². The van der Waals surface area contributed by atoms with Crippen molar-refractivity contribution in [3.05, 3.63) is 28.3 Å². The number of thioether (sulfide) groups is 1. The number of nitrogens with zero attached hydrogens (tertiary/aromatic N) is 2. The summed E-state index contributed by atoms with van der Waals surface area (Å²) in [4.78, 5) is 14.5. The Morgan fingerprint density at radius 1 is 1.58 bits per heavy atom. The number of benzene rings is 1. The van der Waals surface area contributed by atoms with Gasteiger partial charge in [-0.3, -0.25) is 10.1 Å². The molecule has 2 heterocycles. The van der Waals surface area contributed by atoms with Crippen molar-refractivity contribution in [2.75, 3.05) is 12.3 Å². The molecular weight excluding hydrogens is 266 g/mol. The summed E-state index contributed by atoms with van der Waals surface area (Å²) in [5.41, 5.74) is 1.17. The molecule has 19 heavy (non-hydrogen) atoms. The molecule has 7 heteroatoms. The van der Waals surface area contributed by atoms with Crippen LogP contribution < -0.4 is 5.32 Å². The molecule has 1 aliphatic rings. The van der Waals surface area contributed by atoms with Gasteiger partial charge in [0.2, 0.25) is 0 Å². The fourth-order valence-corrected chi connectivity index (χ4v) is 3.08. The van der Waals surface area contributed by atoms with Crippen LogP contribution in [0.2, 0.25) is 0 Å². The number of rotatable bonds is 4. The van der Waals surface area contributed by atoms with Crippen LogP contribution in [0.1, 0.15) is 12.8 Å². The zero-order chi connectivity index (χ0) is 13.2. The quantitative estimate of drug-likeness (QED) is 0.526. The average molecular weight is 279 g/mol. The first kappa shape index (κ1) is 12.4. The van der Waals surface area contributed by atoms with Crippen molar-refractivity contribution in [1.29, 1.82) is 0 Å². The molecule has 0 bridgehead atoms. The normalized spacial score (nSPS) is 19.1. The van der Waals surface area contributed by atoms with E-state index in [1.165, 1.54) is 25.0 Å². The Bertz CT molecular complexity index is 607. The summed E-state index contributed by atoms with van der Waals surface area (Å²) in [6, 6.07) is 4.98. The van der Waals surface area contributed by atoms with Crippen LogP contribution in [0.3, 0.4) is 0 Å². The molecule has 1 fully saturated rings. The lowest BCUT2D eigenvalue weighted by atomic mass is 10.3. The third-order valence-electron chi connectivity index (χ3n) is 3.13. The molecule has 0 aliphatic carbocycles. The van der Waals surface area contributed by atoms with Gasteiger partial charge in [0.1, 0.15) is 5.52 Å². The molecule has 0 unspecified atom stereocenters. The summed E-state index contributed by atoms with van der Waals surface area (Å²) in [6.45, 7) is 1.07. The van der Waals surface area contributed by atoms with Gasteiger partial charge in [0.25, 0.3) is 10.9 Å². The Labute approximate surface area is 113 Å². The van der Waals surface area contributed by atoms with Gasteiger partial charge in [-0.1, -0.05) is 11.8 Å². The molecule has 0 radical (unpaired) electrons. The van der Waals surface area contributed by atoms with Crippen molar-refractivity contribution >= 4 is 28.5 Å². The number of nitrogens with one attached hydrogen (secondary N) is 1. The van der Waals surface area contributed by atoms with Crippen LogP contribution in [0.25, 0.3) is 11.1 Å². The molecule has 0 spiro atoms. The predicted octanol–water partition coefficient (Wildman–Crippen LogP) is 2.58. The number of nitro groups is 1. The number of fused-ring (bicyclic) bond motifs is 1. The molecule has 1 atom stereocenters. The molecule has 100 valence electrons. The number of hydrogen-bond donors (Lipinski definition) is 1. The minimum absolute atomic E-state index is 0.0369. The van der Waals surface area contributed by atoms with Gasteiger partial charge in [-0.25, -0.2) is 4.98 Å². The first-order chi connectivity index (χ1) is 9.22. The fraction of sp³-hybridized carbons (Fsp3) is 0.417. The maximum atomic E-state index is 10.7. The highest BCUT2D eigenvalue weighted by atomic mass is 32.2. The van der Waals surface area contributed by atoms with E-state index in [0.717, 1.165) is 12.3 Å². The van der Waals surface area contributed by atoms with E-state index in [1.54, 1.807) is 17.8 Å². The summed E-state index contributed by atoms with van der Waals surface area (Å²) in [5, 5.41) is 14.7. The maximum absolute atomic E-state index is 10.7. The molecule has 6 nitrogen and oxygen atoms in total. The zero-order valence-electron chi connectivity index (χ0n) is 10.2. The van der Waals surface area contributed by atoms with E-state index in [-0.39, 0.29) is 5.69 Å². The smallest absolute Gasteiger partial charge is 0.271 e. The van der Waals surface area contributed by atoms with Crippen molar-refractivity contribution in [2.45, 2.75) is 24.1 Å². The second-order valence-electron chi connectivity index (χ2n) is 4.49. The average Bonchev–Trinajstić information content (AvgIpc) is 3.04. The number of hydrogen-bond acceptors (Lipinski definition) is 6.